The summed E-state index contributed by atoms with van der Waals surface area (Å²) in [5.74, 6) is -0.846. The summed E-state index contributed by atoms with van der Waals surface area (Å²) >= 11 is 0. The largest absolute Gasteiger partial charge is 0.478 e. The van der Waals surface area contributed by atoms with Crippen molar-refractivity contribution in [2.75, 3.05) is 0 Å². The molecule has 2 nitrogen and oxygen atoms in total. The minimum atomic E-state index is -0.846. The van der Waals surface area contributed by atoms with Gasteiger partial charge < -0.3 is 5.11 Å². The van der Waals surface area contributed by atoms with Gasteiger partial charge in [0.15, 0.2) is 0 Å². The number of carboxylic acid groups (broad SMARTS) is 1. The lowest BCUT2D eigenvalue weighted by Gasteiger charge is -2.31. The van der Waals surface area contributed by atoms with Crippen LogP contribution in [0.1, 0.15) is 63.0 Å². The average molecular weight is 261 g/mol. The Bertz CT molecular complexity index is 437. The van der Waals surface area contributed by atoms with Gasteiger partial charge >= 0.3 is 5.97 Å². The molecule has 0 aliphatic heterocycles. The van der Waals surface area contributed by atoms with Crippen molar-refractivity contribution in [1.29, 1.82) is 0 Å². The first-order valence-corrected chi connectivity index (χ1v) is 5.92. The SMILES string of the molecule is CC(C)(C)c1cccc(C(=O)O)c1C(C)(C)C.[Al]. The Morgan fingerprint density at radius 1 is 1.00 bits per heavy atom. The van der Waals surface area contributed by atoms with Crippen LogP contribution in [0.4, 0.5) is 0 Å². The van der Waals surface area contributed by atoms with Crippen molar-refractivity contribution in [2.45, 2.75) is 52.4 Å². The Kier molecular flexibility index (Phi) is 5.23. The van der Waals surface area contributed by atoms with Crippen molar-refractivity contribution >= 4 is 23.3 Å². The van der Waals surface area contributed by atoms with Gasteiger partial charge in [-0.2, -0.15) is 0 Å². The van der Waals surface area contributed by atoms with Crippen molar-refractivity contribution in [1.82, 2.24) is 0 Å². The summed E-state index contributed by atoms with van der Waals surface area (Å²) in [5, 5.41) is 9.32. The molecule has 0 amide bonds. The van der Waals surface area contributed by atoms with E-state index in [0.29, 0.717) is 5.56 Å². The number of benzene rings is 1. The maximum Gasteiger partial charge on any atom is 0.335 e. The number of hydrogen-bond donors (Lipinski definition) is 1. The monoisotopic (exact) mass is 261 g/mol. The molecule has 1 aromatic carbocycles. The van der Waals surface area contributed by atoms with E-state index < -0.39 is 5.97 Å². The molecule has 1 rings (SSSR count). The Labute approximate surface area is 121 Å². The van der Waals surface area contributed by atoms with Crippen molar-refractivity contribution in [3.8, 4) is 0 Å². The summed E-state index contributed by atoms with van der Waals surface area (Å²) in [6, 6.07) is 5.56. The minimum Gasteiger partial charge on any atom is -0.478 e. The van der Waals surface area contributed by atoms with Gasteiger partial charge in [-0.3, -0.25) is 0 Å². The van der Waals surface area contributed by atoms with Gasteiger partial charge in [-0.05, 0) is 28.0 Å². The lowest BCUT2D eigenvalue weighted by atomic mass is 9.73. The van der Waals surface area contributed by atoms with Gasteiger partial charge in [-0.25, -0.2) is 4.79 Å². The third kappa shape index (κ3) is 3.61. The molecule has 1 N–H and O–H groups in total. The Morgan fingerprint density at radius 2 is 1.50 bits per heavy atom. The summed E-state index contributed by atoms with van der Waals surface area (Å²) in [6.45, 7) is 12.5. The van der Waals surface area contributed by atoms with Crippen molar-refractivity contribution in [2.24, 2.45) is 0 Å². The van der Waals surface area contributed by atoms with Gasteiger partial charge in [-0.1, -0.05) is 53.7 Å². The van der Waals surface area contributed by atoms with Gasteiger partial charge in [0.1, 0.15) is 0 Å². The van der Waals surface area contributed by atoms with Crippen molar-refractivity contribution < 1.29 is 9.90 Å². The summed E-state index contributed by atoms with van der Waals surface area (Å²) in [7, 11) is 0. The smallest absolute Gasteiger partial charge is 0.335 e. The highest BCUT2D eigenvalue weighted by molar-refractivity contribution is 5.90. The fourth-order valence-corrected chi connectivity index (χ4v) is 2.16. The Balaban J connectivity index is 0.00000289. The van der Waals surface area contributed by atoms with E-state index in [4.69, 9.17) is 0 Å². The molecule has 18 heavy (non-hydrogen) atoms. The molecule has 0 unspecified atom stereocenters. The number of aromatic carboxylic acids is 1. The van der Waals surface area contributed by atoms with Crippen LogP contribution in [0.25, 0.3) is 0 Å². The molecule has 0 aliphatic rings. The number of carboxylic acids is 1. The molecule has 3 radical (unpaired) electrons. The molecule has 0 atom stereocenters. The maximum absolute atomic E-state index is 11.3. The summed E-state index contributed by atoms with van der Waals surface area (Å²) in [5.41, 5.74) is 2.26. The van der Waals surface area contributed by atoms with E-state index in [9.17, 15) is 9.90 Å². The van der Waals surface area contributed by atoms with E-state index in [0.717, 1.165) is 11.1 Å². The fourth-order valence-electron chi connectivity index (χ4n) is 2.16. The molecule has 0 saturated carbocycles. The third-order valence-corrected chi connectivity index (χ3v) is 2.85. The van der Waals surface area contributed by atoms with E-state index in [-0.39, 0.29) is 28.2 Å². The van der Waals surface area contributed by atoms with Crippen LogP contribution < -0.4 is 0 Å². The molecule has 3 heteroatoms. The van der Waals surface area contributed by atoms with E-state index in [1.807, 2.05) is 12.1 Å². The molecular formula is C15H22AlO2. The van der Waals surface area contributed by atoms with Crippen LogP contribution in [-0.2, 0) is 10.8 Å². The number of rotatable bonds is 1. The normalized spacial score (nSPS) is 11.9. The topological polar surface area (TPSA) is 37.3 Å². The third-order valence-electron chi connectivity index (χ3n) is 2.85. The highest BCUT2D eigenvalue weighted by Crippen LogP contribution is 2.36. The van der Waals surface area contributed by atoms with Gasteiger partial charge in [0, 0.05) is 17.4 Å². The molecule has 0 heterocycles. The molecular weight excluding hydrogens is 239 g/mol. The van der Waals surface area contributed by atoms with E-state index in [1.54, 1.807) is 6.07 Å². The van der Waals surface area contributed by atoms with E-state index >= 15 is 0 Å². The number of hydrogen-bond acceptors (Lipinski definition) is 1. The zero-order valence-corrected chi connectivity index (χ0v) is 13.3. The van der Waals surface area contributed by atoms with Gasteiger partial charge in [0.25, 0.3) is 0 Å². The predicted molar refractivity (Wildman–Crippen MR) is 76.6 cm³/mol. The first-order valence-electron chi connectivity index (χ1n) is 5.92. The van der Waals surface area contributed by atoms with Gasteiger partial charge in [0.05, 0.1) is 5.56 Å². The van der Waals surface area contributed by atoms with Crippen molar-refractivity contribution in [3.05, 3.63) is 34.9 Å². The van der Waals surface area contributed by atoms with Crippen LogP contribution in [0, 0.1) is 0 Å². The van der Waals surface area contributed by atoms with E-state index in [2.05, 4.69) is 41.5 Å². The molecule has 0 aromatic heterocycles. The average Bonchev–Trinajstić information content (AvgIpc) is 2.13. The van der Waals surface area contributed by atoms with Gasteiger partial charge in [0.2, 0.25) is 0 Å². The predicted octanol–water partition coefficient (Wildman–Crippen LogP) is 3.60. The second kappa shape index (κ2) is 5.47. The second-order valence-corrected chi connectivity index (χ2v) is 6.53. The Hall–Kier alpha value is -0.778. The van der Waals surface area contributed by atoms with Crippen LogP contribution in [-0.4, -0.2) is 28.4 Å². The first-order chi connectivity index (χ1) is 7.55. The fraction of sp³-hybridized carbons (Fsp3) is 0.533. The standard InChI is InChI=1S/C15H22O2.Al/c1-14(2,3)11-9-7-8-10(13(16)17)12(11)15(4,5)6;/h7-9H,1-6H3,(H,16,17);. The molecule has 0 saturated heterocycles. The highest BCUT2D eigenvalue weighted by Gasteiger charge is 2.29. The van der Waals surface area contributed by atoms with Crippen LogP contribution in [0.5, 0.6) is 0 Å². The van der Waals surface area contributed by atoms with Crippen molar-refractivity contribution in [3.63, 3.8) is 0 Å². The second-order valence-electron chi connectivity index (χ2n) is 6.53. The van der Waals surface area contributed by atoms with Crippen LogP contribution in [0.2, 0.25) is 0 Å². The first kappa shape index (κ1) is 17.2. The molecule has 0 bridgehead atoms. The van der Waals surface area contributed by atoms with Crippen LogP contribution in [0.15, 0.2) is 18.2 Å². The lowest BCUT2D eigenvalue weighted by molar-refractivity contribution is 0.0694. The van der Waals surface area contributed by atoms with Crippen LogP contribution in [0.3, 0.4) is 0 Å². The molecule has 1 aromatic rings. The summed E-state index contributed by atoms with van der Waals surface area (Å²) in [6.07, 6.45) is 0. The highest BCUT2D eigenvalue weighted by atomic mass is 27.0. The van der Waals surface area contributed by atoms with Crippen LogP contribution >= 0.6 is 0 Å². The molecule has 0 aliphatic carbocycles. The Morgan fingerprint density at radius 3 is 1.83 bits per heavy atom. The van der Waals surface area contributed by atoms with E-state index in [1.165, 1.54) is 0 Å². The zero-order valence-electron chi connectivity index (χ0n) is 12.2. The molecule has 97 valence electrons. The molecule has 0 fully saturated rings. The molecule has 0 spiro atoms. The zero-order chi connectivity index (χ0) is 13.4. The maximum atomic E-state index is 11.3. The lowest BCUT2D eigenvalue weighted by Crippen LogP contribution is -2.25. The minimum absolute atomic E-state index is 0. The summed E-state index contributed by atoms with van der Waals surface area (Å²) < 4.78 is 0. The van der Waals surface area contributed by atoms with Gasteiger partial charge in [-0.15, -0.1) is 0 Å². The quantitative estimate of drug-likeness (QED) is 0.784. The number of carbonyl (C=O) groups is 1. The summed E-state index contributed by atoms with van der Waals surface area (Å²) in [4.78, 5) is 11.3.